The highest BCUT2D eigenvalue weighted by Crippen LogP contribution is 2.23. The molecular formula is C12H20N2O3. The normalized spacial score (nSPS) is 31.2. The van der Waals surface area contributed by atoms with E-state index in [4.69, 9.17) is 4.74 Å². The van der Waals surface area contributed by atoms with Crippen LogP contribution in [-0.4, -0.2) is 55.5 Å². The number of carbonyl (C=O) groups excluding carboxylic acids is 2. The summed E-state index contributed by atoms with van der Waals surface area (Å²) in [6, 6.07) is -0.00731. The van der Waals surface area contributed by atoms with Crippen molar-refractivity contribution in [2.24, 2.45) is 0 Å². The van der Waals surface area contributed by atoms with Gasteiger partial charge in [0.1, 0.15) is 11.8 Å². The molecule has 1 aliphatic heterocycles. The predicted octanol–water partition coefficient (Wildman–Crippen LogP) is -0.0551. The van der Waals surface area contributed by atoms with Crippen molar-refractivity contribution in [3.8, 4) is 0 Å². The van der Waals surface area contributed by atoms with E-state index >= 15 is 0 Å². The first-order valence-corrected chi connectivity index (χ1v) is 6.29. The number of hydrogen-bond donors (Lipinski definition) is 1. The third-order valence-corrected chi connectivity index (χ3v) is 3.64. The van der Waals surface area contributed by atoms with Gasteiger partial charge in [0.25, 0.3) is 0 Å². The molecule has 0 spiro atoms. The molecule has 0 aromatic carbocycles. The summed E-state index contributed by atoms with van der Waals surface area (Å²) < 4.78 is 5.37. The Hall–Kier alpha value is -0.940. The van der Waals surface area contributed by atoms with Gasteiger partial charge in [0.05, 0.1) is 13.2 Å². The molecule has 1 heterocycles. The number of likely N-dealkylation sites (N-methyl/N-ethyl adjacent to an activating group) is 1. The van der Waals surface area contributed by atoms with E-state index in [1.165, 1.54) is 0 Å². The van der Waals surface area contributed by atoms with Gasteiger partial charge in [-0.15, -0.1) is 0 Å². The molecule has 5 heteroatoms. The van der Waals surface area contributed by atoms with E-state index in [0.29, 0.717) is 31.8 Å². The molecule has 2 aliphatic rings. The van der Waals surface area contributed by atoms with Gasteiger partial charge >= 0.3 is 0 Å². The van der Waals surface area contributed by atoms with Crippen LogP contribution in [0.2, 0.25) is 0 Å². The molecule has 1 amide bonds. The Labute approximate surface area is 101 Å². The maximum atomic E-state index is 11.8. The number of nitrogens with zero attached hydrogens (tertiary/aromatic N) is 1. The van der Waals surface area contributed by atoms with Crippen LogP contribution >= 0.6 is 0 Å². The van der Waals surface area contributed by atoms with Crippen LogP contribution in [0.15, 0.2) is 0 Å². The van der Waals surface area contributed by atoms with Crippen molar-refractivity contribution >= 4 is 11.7 Å². The zero-order valence-electron chi connectivity index (χ0n) is 10.3. The van der Waals surface area contributed by atoms with Crippen LogP contribution in [0.4, 0.5) is 0 Å². The van der Waals surface area contributed by atoms with E-state index in [1.54, 1.807) is 7.05 Å². The van der Waals surface area contributed by atoms with Crippen LogP contribution < -0.4 is 5.32 Å². The molecule has 0 aromatic rings. The number of hydrogen-bond acceptors (Lipinski definition) is 4. The van der Waals surface area contributed by atoms with Crippen LogP contribution in [-0.2, 0) is 14.3 Å². The Morgan fingerprint density at radius 1 is 1.53 bits per heavy atom. The van der Waals surface area contributed by atoms with Crippen molar-refractivity contribution in [2.45, 2.75) is 37.8 Å². The zero-order valence-corrected chi connectivity index (χ0v) is 10.3. The fourth-order valence-corrected chi connectivity index (χ4v) is 2.73. The van der Waals surface area contributed by atoms with E-state index in [2.05, 4.69) is 10.2 Å². The largest absolute Gasteiger partial charge is 0.378 e. The van der Waals surface area contributed by atoms with Gasteiger partial charge in [-0.25, -0.2) is 0 Å². The molecule has 1 aliphatic carbocycles. The molecule has 1 N–H and O–H groups in total. The van der Waals surface area contributed by atoms with Crippen LogP contribution in [0.25, 0.3) is 0 Å². The summed E-state index contributed by atoms with van der Waals surface area (Å²) in [7, 11) is 1.64. The predicted molar refractivity (Wildman–Crippen MR) is 62.6 cm³/mol. The summed E-state index contributed by atoms with van der Waals surface area (Å²) in [5.41, 5.74) is 0. The van der Waals surface area contributed by atoms with Gasteiger partial charge in [0.15, 0.2) is 0 Å². The topological polar surface area (TPSA) is 58.6 Å². The van der Waals surface area contributed by atoms with Gasteiger partial charge < -0.3 is 10.1 Å². The highest BCUT2D eigenvalue weighted by Gasteiger charge is 2.35. The fraction of sp³-hybridized carbons (Fsp3) is 0.833. The lowest BCUT2D eigenvalue weighted by Crippen LogP contribution is -2.57. The van der Waals surface area contributed by atoms with E-state index in [9.17, 15) is 9.59 Å². The SMILES string of the molecule is CNC(=O)C1COCCN1C1CCCC(=O)C1. The number of nitrogens with one attached hydrogen (secondary N) is 1. The molecule has 0 radical (unpaired) electrons. The van der Waals surface area contributed by atoms with Gasteiger partial charge in [-0.05, 0) is 12.8 Å². The second kappa shape index (κ2) is 5.60. The molecule has 96 valence electrons. The maximum Gasteiger partial charge on any atom is 0.239 e. The highest BCUT2D eigenvalue weighted by atomic mass is 16.5. The Balaban J connectivity index is 2.04. The van der Waals surface area contributed by atoms with Gasteiger partial charge in [-0.1, -0.05) is 0 Å². The van der Waals surface area contributed by atoms with Crippen molar-refractivity contribution in [3.05, 3.63) is 0 Å². The Morgan fingerprint density at radius 2 is 2.35 bits per heavy atom. The fourth-order valence-electron chi connectivity index (χ4n) is 2.73. The lowest BCUT2D eigenvalue weighted by Gasteiger charge is -2.41. The summed E-state index contributed by atoms with van der Waals surface area (Å²) in [4.78, 5) is 25.4. The van der Waals surface area contributed by atoms with Crippen molar-refractivity contribution in [1.82, 2.24) is 10.2 Å². The summed E-state index contributed by atoms with van der Waals surface area (Å²) >= 11 is 0. The molecule has 0 bridgehead atoms. The zero-order chi connectivity index (χ0) is 12.3. The first-order valence-electron chi connectivity index (χ1n) is 6.29. The van der Waals surface area contributed by atoms with Crippen molar-refractivity contribution in [3.63, 3.8) is 0 Å². The number of carbonyl (C=O) groups is 2. The first-order chi connectivity index (χ1) is 8.22. The maximum absolute atomic E-state index is 11.8. The molecule has 5 nitrogen and oxygen atoms in total. The van der Waals surface area contributed by atoms with Crippen LogP contribution in [0.1, 0.15) is 25.7 Å². The molecule has 1 saturated carbocycles. The lowest BCUT2D eigenvalue weighted by atomic mass is 9.91. The summed E-state index contributed by atoms with van der Waals surface area (Å²) in [6.45, 7) is 1.83. The molecular weight excluding hydrogens is 220 g/mol. The van der Waals surface area contributed by atoms with Crippen LogP contribution in [0.3, 0.4) is 0 Å². The first kappa shape index (κ1) is 12.5. The molecule has 2 atom stereocenters. The summed E-state index contributed by atoms with van der Waals surface area (Å²) in [5, 5.41) is 2.67. The summed E-state index contributed by atoms with van der Waals surface area (Å²) in [5.74, 6) is 0.311. The molecule has 2 rings (SSSR count). The van der Waals surface area contributed by atoms with E-state index in [-0.39, 0.29) is 18.0 Å². The van der Waals surface area contributed by atoms with E-state index < -0.39 is 0 Å². The Kier molecular flexibility index (Phi) is 4.12. The average molecular weight is 240 g/mol. The second-order valence-corrected chi connectivity index (χ2v) is 4.73. The molecule has 17 heavy (non-hydrogen) atoms. The van der Waals surface area contributed by atoms with Gasteiger partial charge in [-0.2, -0.15) is 0 Å². The van der Waals surface area contributed by atoms with E-state index in [1.807, 2.05) is 0 Å². The minimum atomic E-state index is -0.232. The lowest BCUT2D eigenvalue weighted by molar-refractivity contribution is -0.137. The molecule has 0 aromatic heterocycles. The number of morpholine rings is 1. The number of amides is 1. The van der Waals surface area contributed by atoms with E-state index in [0.717, 1.165) is 19.4 Å². The molecule has 2 fully saturated rings. The quantitative estimate of drug-likeness (QED) is 0.735. The Bertz CT molecular complexity index is 306. The average Bonchev–Trinajstić information content (AvgIpc) is 2.38. The monoisotopic (exact) mass is 240 g/mol. The number of Topliss-reactive ketones (excluding diaryl/α,β-unsaturated/α-hetero) is 1. The smallest absolute Gasteiger partial charge is 0.239 e. The minimum Gasteiger partial charge on any atom is -0.378 e. The number of rotatable bonds is 2. The minimum absolute atomic E-state index is 0.0114. The third-order valence-electron chi connectivity index (χ3n) is 3.64. The van der Waals surface area contributed by atoms with Gasteiger partial charge in [-0.3, -0.25) is 14.5 Å². The third kappa shape index (κ3) is 2.84. The van der Waals surface area contributed by atoms with Crippen molar-refractivity contribution < 1.29 is 14.3 Å². The standard InChI is InChI=1S/C12H20N2O3/c1-13-12(16)11-8-17-6-5-14(11)9-3-2-4-10(15)7-9/h9,11H,2-8H2,1H3,(H,13,16). The number of ether oxygens (including phenoxy) is 1. The summed E-state index contributed by atoms with van der Waals surface area (Å²) in [6.07, 6.45) is 3.25. The number of ketones is 1. The highest BCUT2D eigenvalue weighted by molar-refractivity contribution is 5.82. The van der Waals surface area contributed by atoms with Crippen LogP contribution in [0, 0.1) is 0 Å². The van der Waals surface area contributed by atoms with Gasteiger partial charge in [0, 0.05) is 32.5 Å². The Morgan fingerprint density at radius 3 is 3.06 bits per heavy atom. The molecule has 2 unspecified atom stereocenters. The van der Waals surface area contributed by atoms with Gasteiger partial charge in [0.2, 0.25) is 5.91 Å². The van der Waals surface area contributed by atoms with Crippen molar-refractivity contribution in [1.29, 1.82) is 0 Å². The van der Waals surface area contributed by atoms with Crippen molar-refractivity contribution in [2.75, 3.05) is 26.8 Å². The second-order valence-electron chi connectivity index (χ2n) is 4.73. The van der Waals surface area contributed by atoms with Crippen LogP contribution in [0.5, 0.6) is 0 Å². The molecule has 1 saturated heterocycles.